The fourth-order valence-electron chi connectivity index (χ4n) is 4.59. The summed E-state index contributed by atoms with van der Waals surface area (Å²) >= 11 is 0. The Morgan fingerprint density at radius 1 is 0.639 bits per heavy atom. The van der Waals surface area contributed by atoms with Gasteiger partial charge < -0.3 is 4.90 Å². The minimum absolute atomic E-state index is 0.110. The second-order valence-electron chi connectivity index (χ2n) is 11.6. The van der Waals surface area contributed by atoms with Crippen LogP contribution in [0.3, 0.4) is 0 Å². The van der Waals surface area contributed by atoms with Gasteiger partial charge in [0.05, 0.1) is 6.04 Å². The summed E-state index contributed by atoms with van der Waals surface area (Å²) in [4.78, 5) is 15.5. The molecule has 1 aliphatic heterocycles. The van der Waals surface area contributed by atoms with Crippen LogP contribution in [0.5, 0.6) is 0 Å². The molecule has 0 aromatic heterocycles. The summed E-state index contributed by atoms with van der Waals surface area (Å²) in [6, 6.07) is 21.3. The first-order chi connectivity index (χ1) is 17.0. The van der Waals surface area contributed by atoms with Gasteiger partial charge in [-0.1, -0.05) is 114 Å². The van der Waals surface area contributed by atoms with Crippen molar-refractivity contribution in [2.45, 2.75) is 47.6 Å². The number of ketones is 1. The second-order valence-corrected chi connectivity index (χ2v) is 11.6. The van der Waals surface area contributed by atoms with Crippen LogP contribution >= 0.6 is 0 Å². The van der Waals surface area contributed by atoms with Crippen molar-refractivity contribution in [2.75, 3.05) is 0 Å². The monoisotopic (exact) mass is 475 g/mol. The zero-order chi connectivity index (χ0) is 25.9. The number of benzene rings is 2. The summed E-state index contributed by atoms with van der Waals surface area (Å²) in [6.45, 7) is 12.6. The van der Waals surface area contributed by atoms with E-state index < -0.39 is 0 Å². The van der Waals surface area contributed by atoms with E-state index in [0.717, 1.165) is 22.3 Å². The summed E-state index contributed by atoms with van der Waals surface area (Å²) in [5.74, 6) is 0.167. The van der Waals surface area contributed by atoms with E-state index in [-0.39, 0.29) is 22.7 Å². The Kier molecular flexibility index (Phi) is 7.17. The largest absolute Gasteiger partial charge is 0.343 e. The molecular formula is C34H37NO. The van der Waals surface area contributed by atoms with Crippen molar-refractivity contribution >= 4 is 5.78 Å². The summed E-state index contributed by atoms with van der Waals surface area (Å²) in [6.07, 6.45) is 16.9. The van der Waals surface area contributed by atoms with Crippen molar-refractivity contribution in [3.05, 3.63) is 143 Å². The minimum Gasteiger partial charge on any atom is -0.343 e. The number of hydrogen-bond acceptors (Lipinski definition) is 2. The van der Waals surface area contributed by atoms with Gasteiger partial charge >= 0.3 is 0 Å². The van der Waals surface area contributed by atoms with Crippen LogP contribution in [-0.4, -0.2) is 10.7 Å². The molecular weight excluding hydrogens is 438 g/mol. The van der Waals surface area contributed by atoms with E-state index in [1.165, 1.54) is 11.1 Å². The number of allylic oxidation sites excluding steroid dienone is 10. The number of carbonyl (C=O) groups excluding carboxylic acids is 1. The summed E-state index contributed by atoms with van der Waals surface area (Å²) in [5, 5.41) is 0. The normalized spacial score (nSPS) is 16.3. The molecule has 2 nitrogen and oxygen atoms in total. The van der Waals surface area contributed by atoms with Crippen LogP contribution < -0.4 is 0 Å². The molecule has 1 aliphatic carbocycles. The summed E-state index contributed by atoms with van der Waals surface area (Å²) in [5.41, 5.74) is 6.01. The Bertz CT molecular complexity index is 1190. The highest BCUT2D eigenvalue weighted by Crippen LogP contribution is 2.39. The molecule has 2 aliphatic rings. The topological polar surface area (TPSA) is 20.3 Å². The molecule has 36 heavy (non-hydrogen) atoms. The number of rotatable bonds is 4. The zero-order valence-corrected chi connectivity index (χ0v) is 22.3. The average Bonchev–Trinajstić information content (AvgIpc) is 2.84. The maximum absolute atomic E-state index is 13.2. The molecule has 0 unspecified atom stereocenters. The van der Waals surface area contributed by atoms with Gasteiger partial charge in [0.15, 0.2) is 5.78 Å². The molecule has 0 radical (unpaired) electrons. The maximum Gasteiger partial charge on any atom is 0.186 e. The fraction of sp³-hybridized carbons (Fsp3) is 0.265. The van der Waals surface area contributed by atoms with Gasteiger partial charge in [-0.15, -0.1) is 0 Å². The van der Waals surface area contributed by atoms with E-state index in [1.54, 1.807) is 0 Å². The van der Waals surface area contributed by atoms with E-state index in [1.807, 2.05) is 0 Å². The van der Waals surface area contributed by atoms with Gasteiger partial charge in [0.1, 0.15) is 0 Å². The smallest absolute Gasteiger partial charge is 0.186 e. The molecule has 2 aromatic carbocycles. The van der Waals surface area contributed by atoms with Crippen molar-refractivity contribution in [3.8, 4) is 0 Å². The SMILES string of the molecule is CC(C)(C)C1=CC(=CC=C2C=CN(C(c3ccccc3)c3ccccc3)C=C2)C=C(C(C)(C)C)C1=O. The lowest BCUT2D eigenvalue weighted by molar-refractivity contribution is -0.114. The lowest BCUT2D eigenvalue weighted by Gasteiger charge is -2.31. The second kappa shape index (κ2) is 10.1. The van der Waals surface area contributed by atoms with Gasteiger partial charge in [0.25, 0.3) is 0 Å². The highest BCUT2D eigenvalue weighted by molar-refractivity contribution is 6.11. The quantitative estimate of drug-likeness (QED) is 0.442. The number of nitrogens with zero attached hydrogens (tertiary/aromatic N) is 1. The van der Waals surface area contributed by atoms with E-state index in [4.69, 9.17) is 0 Å². The first-order valence-electron chi connectivity index (χ1n) is 12.7. The van der Waals surface area contributed by atoms with Gasteiger partial charge in [-0.2, -0.15) is 0 Å². The van der Waals surface area contributed by atoms with Crippen molar-refractivity contribution in [3.63, 3.8) is 0 Å². The molecule has 0 bridgehead atoms. The third-order valence-electron chi connectivity index (χ3n) is 6.60. The van der Waals surface area contributed by atoms with Gasteiger partial charge in [0.2, 0.25) is 0 Å². The van der Waals surface area contributed by atoms with E-state index in [2.05, 4.69) is 156 Å². The minimum atomic E-state index is -0.205. The third kappa shape index (κ3) is 5.76. The van der Waals surface area contributed by atoms with Gasteiger partial charge in [0, 0.05) is 23.5 Å². The molecule has 0 atom stereocenters. The molecule has 184 valence electrons. The van der Waals surface area contributed by atoms with Crippen LogP contribution in [0.15, 0.2) is 132 Å². The van der Waals surface area contributed by atoms with E-state index in [9.17, 15) is 4.79 Å². The fourth-order valence-corrected chi connectivity index (χ4v) is 4.59. The van der Waals surface area contributed by atoms with Gasteiger partial charge in [-0.3, -0.25) is 4.79 Å². The van der Waals surface area contributed by atoms with Crippen molar-refractivity contribution in [2.24, 2.45) is 10.8 Å². The molecule has 2 heteroatoms. The van der Waals surface area contributed by atoms with Crippen molar-refractivity contribution in [1.82, 2.24) is 4.90 Å². The van der Waals surface area contributed by atoms with Crippen LogP contribution in [0.1, 0.15) is 58.7 Å². The lowest BCUT2D eigenvalue weighted by atomic mass is 9.72. The molecule has 0 saturated heterocycles. The van der Waals surface area contributed by atoms with Gasteiger partial charge in [-0.25, -0.2) is 0 Å². The summed E-state index contributed by atoms with van der Waals surface area (Å²) < 4.78 is 0. The molecule has 1 heterocycles. The van der Waals surface area contributed by atoms with Crippen LogP contribution in [0, 0.1) is 10.8 Å². The molecule has 2 aromatic rings. The number of Topliss-reactive ketones (excluding diaryl/α,β-unsaturated/α-hetero) is 1. The Morgan fingerprint density at radius 3 is 1.47 bits per heavy atom. The molecule has 0 amide bonds. The number of hydrogen-bond donors (Lipinski definition) is 0. The van der Waals surface area contributed by atoms with Crippen molar-refractivity contribution < 1.29 is 4.79 Å². The predicted molar refractivity (Wildman–Crippen MR) is 151 cm³/mol. The molecule has 0 spiro atoms. The lowest BCUT2D eigenvalue weighted by Crippen LogP contribution is -2.27. The molecule has 0 saturated carbocycles. The average molecular weight is 476 g/mol. The first kappa shape index (κ1) is 25.4. The van der Waals surface area contributed by atoms with Crippen LogP contribution in [0.2, 0.25) is 0 Å². The van der Waals surface area contributed by atoms with Gasteiger partial charge in [-0.05, 0) is 57.4 Å². The van der Waals surface area contributed by atoms with Crippen LogP contribution in [0.4, 0.5) is 0 Å². The van der Waals surface area contributed by atoms with Crippen molar-refractivity contribution in [1.29, 1.82) is 0 Å². The Balaban J connectivity index is 1.63. The molecule has 0 fully saturated rings. The first-order valence-corrected chi connectivity index (χ1v) is 12.7. The zero-order valence-electron chi connectivity index (χ0n) is 22.3. The summed E-state index contributed by atoms with van der Waals surface area (Å²) in [7, 11) is 0. The Morgan fingerprint density at radius 2 is 1.06 bits per heavy atom. The third-order valence-corrected chi connectivity index (χ3v) is 6.60. The highest BCUT2D eigenvalue weighted by Gasteiger charge is 2.33. The highest BCUT2D eigenvalue weighted by atomic mass is 16.1. The van der Waals surface area contributed by atoms with E-state index >= 15 is 0 Å². The van der Waals surface area contributed by atoms with Crippen LogP contribution in [0.25, 0.3) is 0 Å². The Hall–Kier alpha value is -3.65. The van der Waals surface area contributed by atoms with E-state index in [0.29, 0.717) is 0 Å². The molecule has 0 N–H and O–H groups in total. The Labute approximate surface area is 216 Å². The van der Waals surface area contributed by atoms with Crippen LogP contribution in [-0.2, 0) is 4.79 Å². The molecule has 4 rings (SSSR count). The standard InChI is InChI=1S/C34H37NO/c1-33(2,3)29-23-26(24-30(32(29)36)34(4,5)6)18-17-25-19-21-35(22-20-25)31(27-13-9-7-10-14-27)28-15-11-8-12-16-28/h7-24,31H,1-6H3. The predicted octanol–water partition coefficient (Wildman–Crippen LogP) is 8.50. The number of carbonyl (C=O) groups is 1. The maximum atomic E-state index is 13.2.